The molecule has 0 spiro atoms. The summed E-state index contributed by atoms with van der Waals surface area (Å²) >= 11 is 1.44. The van der Waals surface area contributed by atoms with Crippen LogP contribution in [0.2, 0.25) is 0 Å². The van der Waals surface area contributed by atoms with Gasteiger partial charge < -0.3 is 10.6 Å². The Bertz CT molecular complexity index is 619. The van der Waals surface area contributed by atoms with Gasteiger partial charge in [0.2, 0.25) is 5.91 Å². The smallest absolute Gasteiger partial charge is 0.262 e. The zero-order valence-corrected chi connectivity index (χ0v) is 11.5. The molecule has 1 amide bonds. The van der Waals surface area contributed by atoms with Crippen LogP contribution in [0.3, 0.4) is 0 Å². The maximum atomic E-state index is 12.1. The summed E-state index contributed by atoms with van der Waals surface area (Å²) in [4.78, 5) is 28.5. The highest BCUT2D eigenvalue weighted by Crippen LogP contribution is 2.13. The normalized spacial score (nSPS) is 10.8. The number of fused-ring (bicyclic) bond motifs is 1. The Morgan fingerprint density at radius 2 is 2.32 bits per heavy atom. The van der Waals surface area contributed by atoms with E-state index >= 15 is 0 Å². The van der Waals surface area contributed by atoms with Gasteiger partial charge in [-0.1, -0.05) is 0 Å². The summed E-state index contributed by atoms with van der Waals surface area (Å²) in [5.74, 6) is -0.0624. The number of nitrogens with zero attached hydrogens (tertiary/aromatic N) is 2. The predicted octanol–water partition coefficient (Wildman–Crippen LogP) is 0.184. The highest BCUT2D eigenvalue weighted by Gasteiger charge is 2.06. The van der Waals surface area contributed by atoms with Crippen LogP contribution in [-0.4, -0.2) is 35.6 Å². The maximum absolute atomic E-state index is 12.1. The number of rotatable bonds is 6. The van der Waals surface area contributed by atoms with E-state index in [4.69, 9.17) is 0 Å². The fraction of sp³-hybridized carbons (Fsp3) is 0.417. The van der Waals surface area contributed by atoms with Gasteiger partial charge in [0.05, 0.1) is 11.7 Å². The number of hydrogen-bond acceptors (Lipinski definition) is 5. The topological polar surface area (TPSA) is 76.0 Å². The minimum atomic E-state index is -0.0886. The van der Waals surface area contributed by atoms with Gasteiger partial charge >= 0.3 is 0 Å². The van der Waals surface area contributed by atoms with Crippen molar-refractivity contribution in [1.29, 1.82) is 0 Å². The largest absolute Gasteiger partial charge is 0.355 e. The van der Waals surface area contributed by atoms with Gasteiger partial charge in [-0.3, -0.25) is 14.2 Å². The second-order valence-electron chi connectivity index (χ2n) is 4.09. The minimum Gasteiger partial charge on any atom is -0.355 e. The molecule has 19 heavy (non-hydrogen) atoms. The van der Waals surface area contributed by atoms with Crippen LogP contribution in [0.5, 0.6) is 0 Å². The highest BCUT2D eigenvalue weighted by molar-refractivity contribution is 7.16. The molecule has 6 nitrogen and oxygen atoms in total. The van der Waals surface area contributed by atoms with Gasteiger partial charge in [0, 0.05) is 26.1 Å². The molecule has 102 valence electrons. The zero-order valence-electron chi connectivity index (χ0n) is 10.7. The first kappa shape index (κ1) is 13.7. The van der Waals surface area contributed by atoms with E-state index in [9.17, 15) is 9.59 Å². The molecule has 0 aliphatic rings. The van der Waals surface area contributed by atoms with E-state index in [0.29, 0.717) is 18.5 Å². The van der Waals surface area contributed by atoms with Gasteiger partial charge in [-0.2, -0.15) is 0 Å². The number of carbonyl (C=O) groups is 1. The first-order chi connectivity index (χ1) is 9.22. The van der Waals surface area contributed by atoms with Crippen molar-refractivity contribution in [2.75, 3.05) is 20.1 Å². The molecule has 2 aromatic heterocycles. The Morgan fingerprint density at radius 3 is 3.11 bits per heavy atom. The van der Waals surface area contributed by atoms with Crippen LogP contribution in [0.1, 0.15) is 6.42 Å². The van der Waals surface area contributed by atoms with Gasteiger partial charge in [-0.25, -0.2) is 4.98 Å². The summed E-state index contributed by atoms with van der Waals surface area (Å²) in [5, 5.41) is 8.17. The molecular weight excluding hydrogens is 264 g/mol. The molecule has 0 aliphatic heterocycles. The lowest BCUT2D eigenvalue weighted by molar-refractivity contribution is -0.121. The number of thiophene rings is 1. The average Bonchev–Trinajstić information content (AvgIpc) is 2.87. The molecule has 2 heterocycles. The fourth-order valence-electron chi connectivity index (χ4n) is 1.69. The van der Waals surface area contributed by atoms with E-state index < -0.39 is 0 Å². The van der Waals surface area contributed by atoms with Crippen LogP contribution < -0.4 is 16.2 Å². The molecule has 7 heteroatoms. The van der Waals surface area contributed by atoms with E-state index in [1.165, 1.54) is 22.2 Å². The summed E-state index contributed by atoms with van der Waals surface area (Å²) < 4.78 is 1.48. The van der Waals surface area contributed by atoms with E-state index in [-0.39, 0.29) is 17.9 Å². The van der Waals surface area contributed by atoms with Gasteiger partial charge in [-0.05, 0) is 18.5 Å². The Labute approximate surface area is 114 Å². The van der Waals surface area contributed by atoms with Crippen molar-refractivity contribution in [2.45, 2.75) is 13.0 Å². The molecule has 0 radical (unpaired) electrons. The van der Waals surface area contributed by atoms with Gasteiger partial charge in [-0.15, -0.1) is 11.3 Å². The van der Waals surface area contributed by atoms with Crippen molar-refractivity contribution in [1.82, 2.24) is 20.2 Å². The predicted molar refractivity (Wildman–Crippen MR) is 75.4 cm³/mol. The molecular formula is C12H16N4O2S. The molecule has 0 unspecified atom stereocenters. The maximum Gasteiger partial charge on any atom is 0.262 e. The molecule has 2 N–H and O–H groups in total. The lowest BCUT2D eigenvalue weighted by Crippen LogP contribution is -2.32. The van der Waals surface area contributed by atoms with Crippen molar-refractivity contribution in [3.8, 4) is 0 Å². The van der Waals surface area contributed by atoms with Crippen LogP contribution in [0.4, 0.5) is 0 Å². The molecule has 0 aliphatic carbocycles. The van der Waals surface area contributed by atoms with Crippen molar-refractivity contribution in [3.63, 3.8) is 0 Å². The number of aryl methyl sites for hydroxylation is 1. The summed E-state index contributed by atoms with van der Waals surface area (Å²) in [7, 11) is 1.83. The van der Waals surface area contributed by atoms with Crippen LogP contribution in [-0.2, 0) is 11.3 Å². The molecule has 2 aromatic rings. The SMILES string of the molecule is CNCCNC(=O)CCn1cnc2sccc2c1=O. The van der Waals surface area contributed by atoms with Crippen LogP contribution in [0, 0.1) is 0 Å². The number of amides is 1. The standard InChI is InChI=1S/C12H16N4O2S/c1-13-4-5-14-10(17)2-6-16-8-15-11-9(12(16)18)3-7-19-11/h3,7-8,13H,2,4-6H2,1H3,(H,14,17). The van der Waals surface area contributed by atoms with Crippen LogP contribution >= 0.6 is 11.3 Å². The Morgan fingerprint density at radius 1 is 1.47 bits per heavy atom. The Balaban J connectivity index is 1.96. The third-order valence-electron chi connectivity index (χ3n) is 2.73. The van der Waals surface area contributed by atoms with Crippen LogP contribution in [0.15, 0.2) is 22.6 Å². The summed E-state index contributed by atoms with van der Waals surface area (Å²) in [6.07, 6.45) is 1.78. The number of carbonyl (C=O) groups excluding carboxylic acids is 1. The monoisotopic (exact) mass is 280 g/mol. The Kier molecular flexibility index (Phi) is 4.64. The van der Waals surface area contributed by atoms with Gasteiger partial charge in [0.25, 0.3) is 5.56 Å². The average molecular weight is 280 g/mol. The fourth-order valence-corrected chi connectivity index (χ4v) is 2.41. The first-order valence-electron chi connectivity index (χ1n) is 6.06. The minimum absolute atomic E-state index is 0.0624. The van der Waals surface area contributed by atoms with Crippen molar-refractivity contribution < 1.29 is 4.79 Å². The van der Waals surface area contributed by atoms with Gasteiger partial charge in [0.15, 0.2) is 0 Å². The summed E-state index contributed by atoms with van der Waals surface area (Å²) in [6, 6.07) is 1.76. The number of likely N-dealkylation sites (N-methyl/N-ethyl adjacent to an activating group) is 1. The highest BCUT2D eigenvalue weighted by atomic mass is 32.1. The molecule has 0 atom stereocenters. The molecule has 2 rings (SSSR count). The zero-order chi connectivity index (χ0) is 13.7. The second kappa shape index (κ2) is 6.44. The third kappa shape index (κ3) is 3.39. The Hall–Kier alpha value is -1.73. The van der Waals surface area contributed by atoms with Crippen LogP contribution in [0.25, 0.3) is 10.2 Å². The second-order valence-corrected chi connectivity index (χ2v) is 4.98. The number of aromatic nitrogens is 2. The van der Waals surface area contributed by atoms with E-state index in [0.717, 1.165) is 11.4 Å². The van der Waals surface area contributed by atoms with E-state index in [2.05, 4.69) is 15.6 Å². The number of nitrogens with one attached hydrogen (secondary N) is 2. The van der Waals surface area contributed by atoms with Crippen molar-refractivity contribution in [3.05, 3.63) is 28.1 Å². The lowest BCUT2D eigenvalue weighted by atomic mass is 10.3. The molecule has 0 aromatic carbocycles. The molecule has 0 fully saturated rings. The first-order valence-corrected chi connectivity index (χ1v) is 6.94. The quantitative estimate of drug-likeness (QED) is 0.740. The molecule has 0 saturated carbocycles. The van der Waals surface area contributed by atoms with Crippen molar-refractivity contribution in [2.24, 2.45) is 0 Å². The van der Waals surface area contributed by atoms with Gasteiger partial charge in [0.1, 0.15) is 4.83 Å². The summed E-state index contributed by atoms with van der Waals surface area (Å²) in [6.45, 7) is 1.67. The summed E-state index contributed by atoms with van der Waals surface area (Å²) in [5.41, 5.74) is -0.0886. The molecule has 0 saturated heterocycles. The van der Waals surface area contributed by atoms with E-state index in [1.54, 1.807) is 6.07 Å². The third-order valence-corrected chi connectivity index (χ3v) is 3.55. The van der Waals surface area contributed by atoms with E-state index in [1.807, 2.05) is 12.4 Å². The van der Waals surface area contributed by atoms with Crippen molar-refractivity contribution >= 4 is 27.5 Å². The lowest BCUT2D eigenvalue weighted by Gasteiger charge is -2.06. The number of hydrogen-bond donors (Lipinski definition) is 2. The molecule has 0 bridgehead atoms.